The first kappa shape index (κ1) is 19.9. The number of carbonyl (C=O) groups is 1. The van der Waals surface area contributed by atoms with Crippen molar-refractivity contribution in [1.82, 2.24) is 4.90 Å². The molecule has 2 aromatic carbocycles. The lowest BCUT2D eigenvalue weighted by Crippen LogP contribution is -3.13. The van der Waals surface area contributed by atoms with Crippen molar-refractivity contribution in [3.8, 4) is 5.75 Å². The van der Waals surface area contributed by atoms with Gasteiger partial charge in [0.1, 0.15) is 12.3 Å². The topological polar surface area (TPSA) is 55.6 Å². The summed E-state index contributed by atoms with van der Waals surface area (Å²) in [5, 5.41) is 3.98. The molecule has 0 bridgehead atoms. The number of hydrogen-bond acceptors (Lipinski definition) is 4. The van der Waals surface area contributed by atoms with Crippen molar-refractivity contribution in [2.24, 2.45) is 5.16 Å². The Hall–Kier alpha value is -2.86. The van der Waals surface area contributed by atoms with Gasteiger partial charge in [0.2, 0.25) is 6.10 Å². The number of hydrogen-bond donors (Lipinski definition) is 1. The van der Waals surface area contributed by atoms with Crippen LogP contribution in [-0.2, 0) is 16.2 Å². The maximum absolute atomic E-state index is 12.6. The van der Waals surface area contributed by atoms with Crippen LogP contribution in [-0.4, -0.2) is 56.4 Å². The van der Waals surface area contributed by atoms with Crippen molar-refractivity contribution in [3.63, 3.8) is 0 Å². The second-order valence-corrected chi connectivity index (χ2v) is 6.96. The summed E-state index contributed by atoms with van der Waals surface area (Å²) in [6.45, 7) is 6.11. The summed E-state index contributed by atoms with van der Waals surface area (Å²) in [6, 6.07) is 18.0. The summed E-state index contributed by atoms with van der Waals surface area (Å²) in [5.41, 5.74) is 2.14. The first-order valence-electron chi connectivity index (χ1n) is 9.66. The van der Waals surface area contributed by atoms with Gasteiger partial charge in [0, 0.05) is 11.1 Å². The van der Waals surface area contributed by atoms with Crippen LogP contribution in [0, 0.1) is 0 Å². The molecule has 1 amide bonds. The predicted molar refractivity (Wildman–Crippen MR) is 109 cm³/mol. The van der Waals surface area contributed by atoms with E-state index in [4.69, 9.17) is 9.57 Å². The smallest absolute Gasteiger partial charge is 0.266 e. The summed E-state index contributed by atoms with van der Waals surface area (Å²) >= 11 is 0. The van der Waals surface area contributed by atoms with Crippen LogP contribution in [0.15, 0.2) is 59.8 Å². The summed E-state index contributed by atoms with van der Waals surface area (Å²) < 4.78 is 5.27. The maximum Gasteiger partial charge on any atom is 0.266 e. The Morgan fingerprint density at radius 1 is 1.14 bits per heavy atom. The number of para-hydroxylation sites is 1. The molecule has 1 atom stereocenters. The fraction of sp³-hybridized carbons (Fsp3) is 0.364. The van der Waals surface area contributed by atoms with E-state index in [1.807, 2.05) is 35.2 Å². The zero-order valence-electron chi connectivity index (χ0n) is 16.5. The van der Waals surface area contributed by atoms with Gasteiger partial charge in [-0.3, -0.25) is 4.79 Å². The lowest BCUT2D eigenvalue weighted by molar-refractivity contribution is -0.917. The minimum atomic E-state index is -0.610. The van der Waals surface area contributed by atoms with E-state index in [-0.39, 0.29) is 5.91 Å². The van der Waals surface area contributed by atoms with E-state index in [1.165, 1.54) is 10.5 Å². The minimum Gasteiger partial charge on any atom is -0.496 e. The van der Waals surface area contributed by atoms with E-state index in [1.54, 1.807) is 20.2 Å². The molecule has 148 valence electrons. The number of nitrogens with one attached hydrogen (secondary N) is 1. The molecule has 1 aliphatic rings. The van der Waals surface area contributed by atoms with Crippen molar-refractivity contribution in [2.75, 3.05) is 33.3 Å². The predicted octanol–water partition coefficient (Wildman–Crippen LogP) is 1.36. The highest BCUT2D eigenvalue weighted by Gasteiger charge is 2.27. The van der Waals surface area contributed by atoms with Gasteiger partial charge < -0.3 is 19.4 Å². The van der Waals surface area contributed by atoms with Gasteiger partial charge in [0.05, 0.1) is 39.5 Å². The maximum atomic E-state index is 12.6. The van der Waals surface area contributed by atoms with Crippen LogP contribution in [0.25, 0.3) is 0 Å². The van der Waals surface area contributed by atoms with Gasteiger partial charge in [-0.05, 0) is 19.1 Å². The van der Waals surface area contributed by atoms with Crippen LogP contribution in [0.4, 0.5) is 0 Å². The van der Waals surface area contributed by atoms with Crippen molar-refractivity contribution in [3.05, 3.63) is 65.7 Å². The molecule has 1 saturated heterocycles. The third-order valence-electron chi connectivity index (χ3n) is 4.98. The standard InChI is InChI=1S/C22H27N3O3/c1-18(28-23-16-20-10-6-7-11-21(20)27-2)22(26)25-14-12-24(13-15-25)17-19-8-4-3-5-9-19/h3-11,16,18H,12-15,17H2,1-2H3/p+1/b23-16-/t18-/m1/s1. The number of oxime groups is 1. The van der Waals surface area contributed by atoms with Gasteiger partial charge in [-0.25, -0.2) is 0 Å². The van der Waals surface area contributed by atoms with E-state index in [2.05, 4.69) is 29.4 Å². The van der Waals surface area contributed by atoms with E-state index >= 15 is 0 Å². The quantitative estimate of drug-likeness (QED) is 0.581. The average molecular weight is 382 g/mol. The van der Waals surface area contributed by atoms with Crippen LogP contribution in [0.5, 0.6) is 5.75 Å². The molecule has 2 aromatic rings. The lowest BCUT2D eigenvalue weighted by atomic mass is 10.2. The SMILES string of the molecule is COc1ccccc1/C=N\O[C@H](C)C(=O)N1CC[NH+](Cc2ccccc2)CC1. The number of methoxy groups -OCH3 is 1. The normalized spacial score (nSPS) is 16.1. The fourth-order valence-corrected chi connectivity index (χ4v) is 3.36. The molecule has 3 rings (SSSR count). The molecule has 0 spiro atoms. The molecule has 6 nitrogen and oxygen atoms in total. The monoisotopic (exact) mass is 382 g/mol. The van der Waals surface area contributed by atoms with Crippen LogP contribution in [0.2, 0.25) is 0 Å². The molecular weight excluding hydrogens is 354 g/mol. The van der Waals surface area contributed by atoms with E-state index in [9.17, 15) is 4.79 Å². The third kappa shape index (κ3) is 5.33. The van der Waals surface area contributed by atoms with Crippen LogP contribution in [0.1, 0.15) is 18.1 Å². The highest BCUT2D eigenvalue weighted by atomic mass is 16.6. The Morgan fingerprint density at radius 3 is 2.54 bits per heavy atom. The Bertz CT molecular complexity index is 787. The number of amides is 1. The molecule has 1 heterocycles. The molecule has 0 radical (unpaired) electrons. The summed E-state index contributed by atoms with van der Waals surface area (Å²) in [7, 11) is 1.61. The first-order chi connectivity index (χ1) is 13.7. The first-order valence-corrected chi connectivity index (χ1v) is 9.66. The molecule has 28 heavy (non-hydrogen) atoms. The zero-order chi connectivity index (χ0) is 19.8. The number of piperazine rings is 1. The number of carbonyl (C=O) groups excluding carboxylic acids is 1. The molecule has 1 aliphatic heterocycles. The lowest BCUT2D eigenvalue weighted by Gasteiger charge is -2.33. The molecule has 1 fully saturated rings. The number of quaternary nitrogens is 1. The number of nitrogens with zero attached hydrogens (tertiary/aromatic N) is 2. The van der Waals surface area contributed by atoms with Gasteiger partial charge in [0.15, 0.2) is 0 Å². The second kappa shape index (κ2) is 9.90. The molecule has 0 aliphatic carbocycles. The zero-order valence-corrected chi connectivity index (χ0v) is 16.5. The van der Waals surface area contributed by atoms with Crippen LogP contribution < -0.4 is 9.64 Å². The Morgan fingerprint density at radius 2 is 1.82 bits per heavy atom. The molecule has 6 heteroatoms. The van der Waals surface area contributed by atoms with Gasteiger partial charge in [-0.1, -0.05) is 47.6 Å². The van der Waals surface area contributed by atoms with Crippen molar-refractivity contribution in [2.45, 2.75) is 19.6 Å². The van der Waals surface area contributed by atoms with Crippen LogP contribution in [0.3, 0.4) is 0 Å². The minimum absolute atomic E-state index is 0.0177. The molecule has 0 saturated carbocycles. The Labute approximate surface area is 166 Å². The van der Waals surface area contributed by atoms with Gasteiger partial charge in [-0.15, -0.1) is 0 Å². The van der Waals surface area contributed by atoms with Gasteiger partial charge >= 0.3 is 0 Å². The Kier molecular flexibility index (Phi) is 7.03. The molecule has 0 aromatic heterocycles. The molecule has 0 unspecified atom stereocenters. The second-order valence-electron chi connectivity index (χ2n) is 6.96. The Balaban J connectivity index is 1.46. The van der Waals surface area contributed by atoms with Crippen molar-refractivity contribution in [1.29, 1.82) is 0 Å². The summed E-state index contributed by atoms with van der Waals surface area (Å²) in [4.78, 5) is 21.4. The van der Waals surface area contributed by atoms with Gasteiger partial charge in [0.25, 0.3) is 5.91 Å². The molecule has 1 N–H and O–H groups in total. The number of rotatable bonds is 7. The highest BCUT2D eigenvalue weighted by Crippen LogP contribution is 2.15. The third-order valence-corrected chi connectivity index (χ3v) is 4.98. The van der Waals surface area contributed by atoms with Crippen molar-refractivity contribution >= 4 is 12.1 Å². The van der Waals surface area contributed by atoms with E-state index in [0.717, 1.165) is 38.3 Å². The highest BCUT2D eigenvalue weighted by molar-refractivity contribution is 5.83. The van der Waals surface area contributed by atoms with E-state index < -0.39 is 6.10 Å². The largest absolute Gasteiger partial charge is 0.496 e. The van der Waals surface area contributed by atoms with Crippen molar-refractivity contribution < 1.29 is 19.3 Å². The molecular formula is C22H28N3O3+. The number of ether oxygens (including phenoxy) is 1. The van der Waals surface area contributed by atoms with Crippen LogP contribution >= 0.6 is 0 Å². The fourth-order valence-electron chi connectivity index (χ4n) is 3.36. The summed E-state index contributed by atoms with van der Waals surface area (Å²) in [5.74, 6) is 0.697. The average Bonchev–Trinajstić information content (AvgIpc) is 2.75. The summed E-state index contributed by atoms with van der Waals surface area (Å²) in [6.07, 6.45) is 0.964. The number of benzene rings is 2. The van der Waals surface area contributed by atoms with Gasteiger partial charge in [-0.2, -0.15) is 0 Å². The van der Waals surface area contributed by atoms with E-state index in [0.29, 0.717) is 5.75 Å².